The summed E-state index contributed by atoms with van der Waals surface area (Å²) in [6.07, 6.45) is 5.47. The predicted molar refractivity (Wildman–Crippen MR) is 154 cm³/mol. The fourth-order valence-corrected chi connectivity index (χ4v) is 6.90. The lowest BCUT2D eigenvalue weighted by atomic mass is 10.0. The van der Waals surface area contributed by atoms with Crippen molar-refractivity contribution in [3.63, 3.8) is 0 Å². The van der Waals surface area contributed by atoms with Gasteiger partial charge in [0, 0.05) is 56.5 Å². The Hall–Kier alpha value is -3.30. The van der Waals surface area contributed by atoms with Crippen molar-refractivity contribution in [3.05, 3.63) is 75.7 Å². The van der Waals surface area contributed by atoms with Crippen LogP contribution in [0.1, 0.15) is 42.5 Å². The van der Waals surface area contributed by atoms with Crippen LogP contribution < -0.4 is 15.8 Å². The van der Waals surface area contributed by atoms with Crippen LogP contribution in [0.3, 0.4) is 0 Å². The Bertz CT molecular complexity index is 1420. The molecule has 0 atom stereocenters. The third-order valence-electron chi connectivity index (χ3n) is 8.06. The molecule has 2 N–H and O–H groups in total. The second kappa shape index (κ2) is 11.4. The summed E-state index contributed by atoms with van der Waals surface area (Å²) in [5, 5.41) is 15.0. The number of carbonyl (C=O) groups is 1. The molecule has 0 unspecified atom stereocenters. The number of para-hydroxylation sites is 3. The first-order valence-corrected chi connectivity index (χ1v) is 14.9. The second-order valence-electron chi connectivity index (χ2n) is 10.6. The molecule has 0 bridgehead atoms. The first kappa shape index (κ1) is 26.0. The predicted octanol–water partition coefficient (Wildman–Crippen LogP) is 3.51. The number of aromatic hydroxyl groups is 1. The molecule has 39 heavy (non-hydrogen) atoms. The van der Waals surface area contributed by atoms with E-state index in [1.807, 2.05) is 6.07 Å². The molecule has 3 aromatic rings. The van der Waals surface area contributed by atoms with Gasteiger partial charge in [0.05, 0.1) is 23.5 Å². The van der Waals surface area contributed by atoms with Crippen molar-refractivity contribution in [1.29, 1.82) is 0 Å². The number of fused-ring (bicyclic) bond motifs is 2. The standard InChI is InChI=1S/C30H35N5O3S/c36-27-11-4-3-10-26(27)35-29(38)23-20-34(18-14-24(23)32-30(35)39-22-7-5-8-22)28(37)12-15-31-16-19-33-17-13-21-6-1-2-9-25(21)33/h1-4,6,9-11,22,31,36H,5,7-8,12-20H2. The summed E-state index contributed by atoms with van der Waals surface area (Å²) in [4.78, 5) is 35.9. The van der Waals surface area contributed by atoms with Crippen LogP contribution in [0.2, 0.25) is 0 Å². The number of benzene rings is 2. The Kier molecular flexibility index (Phi) is 7.61. The number of aromatic nitrogens is 2. The highest BCUT2D eigenvalue weighted by Crippen LogP contribution is 2.37. The normalized spacial score (nSPS) is 16.6. The van der Waals surface area contributed by atoms with Crippen LogP contribution in [0.15, 0.2) is 58.5 Å². The third kappa shape index (κ3) is 5.43. The summed E-state index contributed by atoms with van der Waals surface area (Å²) in [7, 11) is 0. The van der Waals surface area contributed by atoms with E-state index in [9.17, 15) is 14.7 Å². The van der Waals surface area contributed by atoms with Crippen molar-refractivity contribution in [3.8, 4) is 11.4 Å². The van der Waals surface area contributed by atoms with E-state index in [-0.39, 0.29) is 23.8 Å². The largest absolute Gasteiger partial charge is 0.506 e. The molecular formula is C30H35N5O3S. The molecule has 0 spiro atoms. The molecule has 3 heterocycles. The summed E-state index contributed by atoms with van der Waals surface area (Å²) >= 11 is 1.62. The Labute approximate surface area is 233 Å². The van der Waals surface area contributed by atoms with Crippen LogP contribution in [0.25, 0.3) is 5.69 Å². The third-order valence-corrected chi connectivity index (χ3v) is 9.35. The first-order valence-electron chi connectivity index (χ1n) is 14.0. The van der Waals surface area contributed by atoms with Gasteiger partial charge in [0.25, 0.3) is 5.56 Å². The molecule has 6 rings (SSSR count). The summed E-state index contributed by atoms with van der Waals surface area (Å²) in [5.74, 6) is 0.0881. The van der Waals surface area contributed by atoms with E-state index in [1.54, 1.807) is 39.4 Å². The topological polar surface area (TPSA) is 90.7 Å². The lowest BCUT2D eigenvalue weighted by molar-refractivity contribution is -0.132. The molecule has 204 valence electrons. The van der Waals surface area contributed by atoms with Crippen LogP contribution in [0.5, 0.6) is 5.75 Å². The molecule has 9 heteroatoms. The van der Waals surface area contributed by atoms with E-state index >= 15 is 0 Å². The minimum Gasteiger partial charge on any atom is -0.506 e. The van der Waals surface area contributed by atoms with Crippen molar-refractivity contribution in [2.75, 3.05) is 37.6 Å². The minimum atomic E-state index is -0.190. The molecule has 2 aromatic carbocycles. The van der Waals surface area contributed by atoms with Crippen molar-refractivity contribution < 1.29 is 9.90 Å². The summed E-state index contributed by atoms with van der Waals surface area (Å²) in [5.41, 5.74) is 4.30. The van der Waals surface area contributed by atoms with Gasteiger partial charge >= 0.3 is 0 Å². The van der Waals surface area contributed by atoms with Gasteiger partial charge in [-0.05, 0) is 43.0 Å². The summed E-state index contributed by atoms with van der Waals surface area (Å²) < 4.78 is 1.54. The van der Waals surface area contributed by atoms with Gasteiger partial charge in [0.15, 0.2) is 5.16 Å². The first-order chi connectivity index (χ1) is 19.1. The molecule has 0 saturated heterocycles. The van der Waals surface area contributed by atoms with E-state index in [2.05, 4.69) is 34.5 Å². The number of hydrogen-bond acceptors (Lipinski definition) is 7. The highest BCUT2D eigenvalue weighted by molar-refractivity contribution is 7.99. The Morgan fingerprint density at radius 3 is 2.62 bits per heavy atom. The molecule has 1 amide bonds. The number of anilines is 1. The zero-order valence-electron chi connectivity index (χ0n) is 22.1. The quantitative estimate of drug-likeness (QED) is 0.314. The maximum atomic E-state index is 13.8. The van der Waals surface area contributed by atoms with Crippen molar-refractivity contribution >= 4 is 23.4 Å². The number of nitrogens with zero attached hydrogens (tertiary/aromatic N) is 4. The van der Waals surface area contributed by atoms with Gasteiger partial charge < -0.3 is 20.2 Å². The maximum Gasteiger partial charge on any atom is 0.264 e. The van der Waals surface area contributed by atoms with Crippen LogP contribution in [0.4, 0.5) is 5.69 Å². The number of amides is 1. The number of phenolic OH excluding ortho intramolecular Hbond substituents is 1. The van der Waals surface area contributed by atoms with Gasteiger partial charge in [-0.3, -0.25) is 14.2 Å². The smallest absolute Gasteiger partial charge is 0.264 e. The van der Waals surface area contributed by atoms with Gasteiger partial charge in [-0.2, -0.15) is 0 Å². The van der Waals surface area contributed by atoms with Crippen LogP contribution in [-0.4, -0.2) is 63.4 Å². The number of thioether (sulfide) groups is 1. The molecule has 0 radical (unpaired) electrons. The molecule has 8 nitrogen and oxygen atoms in total. The number of rotatable bonds is 9. The lowest BCUT2D eigenvalue weighted by Crippen LogP contribution is -2.42. The molecule has 2 aliphatic heterocycles. The van der Waals surface area contributed by atoms with Crippen LogP contribution in [-0.2, 0) is 24.2 Å². The molecule has 1 fully saturated rings. The molecular weight excluding hydrogens is 510 g/mol. The van der Waals surface area contributed by atoms with Crippen molar-refractivity contribution in [2.24, 2.45) is 0 Å². The zero-order valence-corrected chi connectivity index (χ0v) is 23.0. The average Bonchev–Trinajstić information content (AvgIpc) is 3.34. The number of nitrogens with one attached hydrogen (secondary N) is 1. The Balaban J connectivity index is 1.10. The maximum absolute atomic E-state index is 13.8. The van der Waals surface area contributed by atoms with Gasteiger partial charge in [0.1, 0.15) is 5.75 Å². The Morgan fingerprint density at radius 2 is 1.82 bits per heavy atom. The van der Waals surface area contributed by atoms with Gasteiger partial charge in [-0.25, -0.2) is 4.98 Å². The van der Waals surface area contributed by atoms with Gasteiger partial charge in [-0.15, -0.1) is 0 Å². The number of phenols is 1. The van der Waals surface area contributed by atoms with Crippen molar-refractivity contribution in [2.45, 2.75) is 55.5 Å². The minimum absolute atomic E-state index is 0.0427. The second-order valence-corrected chi connectivity index (χ2v) is 11.8. The lowest BCUT2D eigenvalue weighted by Gasteiger charge is -2.30. The van der Waals surface area contributed by atoms with Crippen LogP contribution >= 0.6 is 11.8 Å². The SMILES string of the molecule is O=C(CCNCCN1CCc2ccccc21)N1CCc2nc(SC3CCC3)n(-c3ccccc3O)c(=O)c2C1. The monoisotopic (exact) mass is 545 g/mol. The van der Waals surface area contributed by atoms with Gasteiger partial charge in [0.2, 0.25) is 5.91 Å². The average molecular weight is 546 g/mol. The van der Waals surface area contributed by atoms with Gasteiger partial charge in [-0.1, -0.05) is 48.5 Å². The molecule has 3 aliphatic rings. The Morgan fingerprint density at radius 1 is 1.03 bits per heavy atom. The highest BCUT2D eigenvalue weighted by Gasteiger charge is 2.29. The number of hydrogen-bond donors (Lipinski definition) is 2. The summed E-state index contributed by atoms with van der Waals surface area (Å²) in [6, 6.07) is 15.4. The van der Waals surface area contributed by atoms with E-state index in [0.717, 1.165) is 44.6 Å². The zero-order chi connectivity index (χ0) is 26.8. The van der Waals surface area contributed by atoms with Crippen molar-refractivity contribution in [1.82, 2.24) is 19.8 Å². The summed E-state index contributed by atoms with van der Waals surface area (Å²) in [6.45, 7) is 4.21. The van der Waals surface area contributed by atoms with E-state index in [1.165, 1.54) is 17.7 Å². The van der Waals surface area contributed by atoms with Crippen LogP contribution in [0, 0.1) is 0 Å². The highest BCUT2D eigenvalue weighted by atomic mass is 32.2. The molecule has 1 aromatic heterocycles. The van der Waals surface area contributed by atoms with E-state index in [4.69, 9.17) is 4.98 Å². The fourth-order valence-electron chi connectivity index (χ4n) is 5.58. The molecule has 1 aliphatic carbocycles. The molecule has 1 saturated carbocycles. The van der Waals surface area contributed by atoms with E-state index < -0.39 is 0 Å². The van der Waals surface area contributed by atoms with E-state index in [0.29, 0.717) is 47.6 Å². The number of carbonyl (C=O) groups excluding carboxylic acids is 1. The fraction of sp³-hybridized carbons (Fsp3) is 0.433.